The van der Waals surface area contributed by atoms with Crippen LogP contribution in [0.15, 0.2) is 30.7 Å². The highest BCUT2D eigenvalue weighted by atomic mass is 19.1. The predicted molar refractivity (Wildman–Crippen MR) is 123 cm³/mol. The number of pyridine rings is 1. The Morgan fingerprint density at radius 3 is 2.36 bits per heavy atom. The molecule has 2 heterocycles. The maximum absolute atomic E-state index is 12.4. The van der Waals surface area contributed by atoms with Crippen LogP contribution in [0.5, 0.6) is 6.01 Å². The van der Waals surface area contributed by atoms with Crippen LogP contribution in [-0.4, -0.2) is 73.4 Å². The molecule has 0 unspecified atom stereocenters. The minimum absolute atomic E-state index is 0.0804. The second-order valence-corrected chi connectivity index (χ2v) is 7.85. The summed E-state index contributed by atoms with van der Waals surface area (Å²) in [7, 11) is 1.61. The molecule has 0 aliphatic carbocycles. The van der Waals surface area contributed by atoms with Gasteiger partial charge in [-0.15, -0.1) is 0 Å². The zero-order chi connectivity index (χ0) is 24.1. The number of carbonyl (C=O) groups is 1. The molecule has 180 valence electrons. The van der Waals surface area contributed by atoms with Gasteiger partial charge in [-0.05, 0) is 32.9 Å². The Morgan fingerprint density at radius 2 is 1.70 bits per heavy atom. The van der Waals surface area contributed by atoms with Crippen molar-refractivity contribution >= 4 is 24.1 Å². The summed E-state index contributed by atoms with van der Waals surface area (Å²) in [5.41, 5.74) is 0.880. The molecule has 0 spiro atoms. The van der Waals surface area contributed by atoms with Crippen molar-refractivity contribution in [2.24, 2.45) is 0 Å². The highest BCUT2D eigenvalue weighted by Crippen LogP contribution is 2.21. The van der Waals surface area contributed by atoms with Crippen molar-refractivity contribution in [3.8, 4) is 6.01 Å². The van der Waals surface area contributed by atoms with Crippen LogP contribution in [0, 0.1) is 0 Å². The molecule has 2 aromatic rings. The van der Waals surface area contributed by atoms with Crippen molar-refractivity contribution in [1.29, 1.82) is 0 Å². The third-order valence-corrected chi connectivity index (χ3v) is 3.96. The molecule has 0 aliphatic heterocycles. The van der Waals surface area contributed by atoms with Gasteiger partial charge in [0.05, 0.1) is 26.4 Å². The Labute approximate surface area is 193 Å². The molecule has 0 saturated heterocycles. The van der Waals surface area contributed by atoms with E-state index in [4.69, 9.17) is 18.9 Å². The van der Waals surface area contributed by atoms with Gasteiger partial charge in [0, 0.05) is 36.8 Å². The maximum Gasteiger partial charge on any atom is 0.415 e. The molecule has 0 bridgehead atoms. The second-order valence-electron chi connectivity index (χ2n) is 7.85. The summed E-state index contributed by atoms with van der Waals surface area (Å²) < 4.78 is 33.0. The van der Waals surface area contributed by atoms with Crippen LogP contribution in [0.3, 0.4) is 0 Å². The van der Waals surface area contributed by atoms with E-state index in [0.717, 1.165) is 11.1 Å². The molecule has 0 N–H and O–H groups in total. The number of anilines is 1. The average molecular weight is 463 g/mol. The van der Waals surface area contributed by atoms with Gasteiger partial charge in [-0.1, -0.05) is 12.2 Å². The van der Waals surface area contributed by atoms with E-state index >= 15 is 0 Å². The SMILES string of the molecule is CN(C(=O)OC(C)(C)C)c1ncccc1/C=C/c1cnc(OCCOCCOCCF)nc1. The van der Waals surface area contributed by atoms with E-state index in [1.807, 2.05) is 39.0 Å². The average Bonchev–Trinajstić information content (AvgIpc) is 2.79. The third kappa shape index (κ3) is 9.92. The normalized spacial score (nSPS) is 11.5. The summed E-state index contributed by atoms with van der Waals surface area (Å²) in [6.45, 7) is 6.35. The Morgan fingerprint density at radius 1 is 1.03 bits per heavy atom. The lowest BCUT2D eigenvalue weighted by atomic mass is 10.2. The molecular formula is C23H31FN4O5. The Hall–Kier alpha value is -3.11. The van der Waals surface area contributed by atoms with E-state index < -0.39 is 18.4 Å². The van der Waals surface area contributed by atoms with Crippen molar-refractivity contribution in [3.63, 3.8) is 0 Å². The van der Waals surface area contributed by atoms with Gasteiger partial charge in [0.1, 0.15) is 24.7 Å². The molecule has 0 aromatic carbocycles. The standard InChI is InChI=1S/C23H31FN4O5/c1-23(2,3)33-22(29)28(4)20-19(6-5-10-25-20)8-7-18-16-26-21(27-17-18)32-15-14-31-13-12-30-11-9-24/h5-8,10,16-17H,9,11-15H2,1-4H3/b8-7+. The van der Waals surface area contributed by atoms with Gasteiger partial charge in [0.25, 0.3) is 0 Å². The van der Waals surface area contributed by atoms with E-state index in [2.05, 4.69) is 15.0 Å². The van der Waals surface area contributed by atoms with Gasteiger partial charge >= 0.3 is 12.1 Å². The second kappa shape index (κ2) is 13.4. The predicted octanol–water partition coefficient (Wildman–Crippen LogP) is 3.79. The smallest absolute Gasteiger partial charge is 0.415 e. The lowest BCUT2D eigenvalue weighted by molar-refractivity contribution is 0.0315. The number of hydrogen-bond acceptors (Lipinski definition) is 8. The minimum Gasteiger partial charge on any atom is -0.461 e. The van der Waals surface area contributed by atoms with Crippen LogP contribution in [0.25, 0.3) is 12.2 Å². The first kappa shape index (κ1) is 26.1. The van der Waals surface area contributed by atoms with Crippen LogP contribution in [0.2, 0.25) is 0 Å². The molecule has 0 saturated carbocycles. The van der Waals surface area contributed by atoms with Gasteiger partial charge in [-0.3, -0.25) is 4.90 Å². The van der Waals surface area contributed by atoms with E-state index in [0.29, 0.717) is 25.6 Å². The molecule has 33 heavy (non-hydrogen) atoms. The number of ether oxygens (including phenoxy) is 4. The molecule has 0 aliphatic rings. The largest absolute Gasteiger partial charge is 0.461 e. The van der Waals surface area contributed by atoms with E-state index in [1.54, 1.807) is 31.7 Å². The van der Waals surface area contributed by atoms with Crippen molar-refractivity contribution in [3.05, 3.63) is 41.9 Å². The minimum atomic E-state index is -0.603. The molecule has 0 atom stereocenters. The van der Waals surface area contributed by atoms with Crippen LogP contribution in [0.4, 0.5) is 15.0 Å². The quantitative estimate of drug-likeness (QED) is 0.440. The van der Waals surface area contributed by atoms with Crippen molar-refractivity contribution in [1.82, 2.24) is 15.0 Å². The van der Waals surface area contributed by atoms with Crippen molar-refractivity contribution in [2.75, 3.05) is 51.7 Å². The zero-order valence-corrected chi connectivity index (χ0v) is 19.5. The Balaban J connectivity index is 1.88. The number of carbonyl (C=O) groups excluding carboxylic acids is 1. The van der Waals surface area contributed by atoms with Crippen LogP contribution in [-0.2, 0) is 14.2 Å². The van der Waals surface area contributed by atoms with Gasteiger partial charge in [-0.2, -0.15) is 0 Å². The molecule has 9 nitrogen and oxygen atoms in total. The highest BCUT2D eigenvalue weighted by molar-refractivity contribution is 5.89. The fraction of sp³-hybridized carbons (Fsp3) is 0.478. The molecular weight excluding hydrogens is 431 g/mol. The molecule has 0 radical (unpaired) electrons. The number of hydrogen-bond donors (Lipinski definition) is 0. The first-order valence-corrected chi connectivity index (χ1v) is 10.6. The van der Waals surface area contributed by atoms with Crippen molar-refractivity contribution in [2.45, 2.75) is 26.4 Å². The van der Waals surface area contributed by atoms with E-state index in [1.165, 1.54) is 4.90 Å². The zero-order valence-electron chi connectivity index (χ0n) is 19.5. The fourth-order valence-corrected chi connectivity index (χ4v) is 2.48. The number of alkyl halides is 1. The fourth-order valence-electron chi connectivity index (χ4n) is 2.48. The van der Waals surface area contributed by atoms with Gasteiger partial charge in [0.15, 0.2) is 0 Å². The third-order valence-electron chi connectivity index (χ3n) is 3.96. The Kier molecular flexibility index (Phi) is 10.6. The monoisotopic (exact) mass is 462 g/mol. The summed E-state index contributed by atoms with van der Waals surface area (Å²) in [5, 5.41) is 0. The number of halogens is 1. The highest BCUT2D eigenvalue weighted by Gasteiger charge is 2.22. The molecule has 2 aromatic heterocycles. The van der Waals surface area contributed by atoms with Crippen molar-refractivity contribution < 1.29 is 28.1 Å². The van der Waals surface area contributed by atoms with E-state index in [-0.39, 0.29) is 19.2 Å². The topological polar surface area (TPSA) is 95.9 Å². The molecule has 0 fully saturated rings. The van der Waals surface area contributed by atoms with Crippen LogP contribution < -0.4 is 9.64 Å². The van der Waals surface area contributed by atoms with Gasteiger partial charge < -0.3 is 18.9 Å². The maximum atomic E-state index is 12.4. The van der Waals surface area contributed by atoms with E-state index in [9.17, 15) is 9.18 Å². The first-order valence-electron chi connectivity index (χ1n) is 10.6. The molecule has 10 heteroatoms. The van der Waals surface area contributed by atoms with Crippen LogP contribution >= 0.6 is 0 Å². The lowest BCUT2D eigenvalue weighted by Gasteiger charge is -2.24. The van der Waals surface area contributed by atoms with Crippen LogP contribution in [0.1, 0.15) is 31.9 Å². The number of nitrogens with zero attached hydrogens (tertiary/aromatic N) is 4. The number of rotatable bonds is 12. The van der Waals surface area contributed by atoms with Gasteiger partial charge in [0.2, 0.25) is 0 Å². The summed E-state index contributed by atoms with van der Waals surface area (Å²) in [4.78, 5) is 26.4. The molecule has 1 amide bonds. The summed E-state index contributed by atoms with van der Waals surface area (Å²) >= 11 is 0. The number of aromatic nitrogens is 3. The summed E-state index contributed by atoms with van der Waals surface area (Å²) in [6.07, 6.45) is 8.01. The summed E-state index contributed by atoms with van der Waals surface area (Å²) in [6, 6.07) is 3.87. The number of amides is 1. The lowest BCUT2D eigenvalue weighted by Crippen LogP contribution is -2.34. The Bertz CT molecular complexity index is 887. The van der Waals surface area contributed by atoms with Gasteiger partial charge in [-0.25, -0.2) is 24.1 Å². The molecule has 2 rings (SSSR count). The first-order chi connectivity index (χ1) is 15.8. The summed E-state index contributed by atoms with van der Waals surface area (Å²) in [5.74, 6) is 0.471.